The Labute approximate surface area is 143 Å². The number of hydrogen-bond donors (Lipinski definition) is 2. The number of aromatic nitrogens is 2. The van der Waals surface area contributed by atoms with Gasteiger partial charge in [0.1, 0.15) is 5.82 Å². The number of hydrogen-bond acceptors (Lipinski definition) is 3. The molecule has 3 rings (SSSR count). The van der Waals surface area contributed by atoms with Crippen molar-refractivity contribution in [1.82, 2.24) is 25.1 Å². The summed E-state index contributed by atoms with van der Waals surface area (Å²) < 4.78 is 0. The van der Waals surface area contributed by atoms with Crippen LogP contribution >= 0.6 is 0 Å². The fraction of sp³-hybridized carbons (Fsp3) is 0.556. The van der Waals surface area contributed by atoms with Crippen LogP contribution in [0.15, 0.2) is 18.2 Å². The number of nitrogens with zero attached hydrogens (tertiary/aromatic N) is 3. The first-order valence-electron chi connectivity index (χ1n) is 8.79. The van der Waals surface area contributed by atoms with Gasteiger partial charge >= 0.3 is 6.03 Å². The molecule has 1 aliphatic heterocycles. The van der Waals surface area contributed by atoms with Gasteiger partial charge in [0.15, 0.2) is 0 Å². The molecule has 1 aromatic heterocycles. The molecule has 130 valence electrons. The number of rotatable bonds is 6. The number of likely N-dealkylation sites (N-methyl/N-ethyl adjacent to an activating group) is 1. The third-order valence-electron chi connectivity index (χ3n) is 4.70. The van der Waals surface area contributed by atoms with Crippen LogP contribution in [0.4, 0.5) is 4.79 Å². The predicted molar refractivity (Wildman–Crippen MR) is 96.2 cm³/mol. The number of carbonyl (C=O) groups is 1. The van der Waals surface area contributed by atoms with E-state index in [0.29, 0.717) is 13.1 Å². The highest BCUT2D eigenvalue weighted by molar-refractivity contribution is 5.78. The fourth-order valence-corrected chi connectivity index (χ4v) is 3.18. The monoisotopic (exact) mass is 329 g/mol. The van der Waals surface area contributed by atoms with Gasteiger partial charge in [-0.3, -0.25) is 0 Å². The van der Waals surface area contributed by atoms with E-state index in [-0.39, 0.29) is 6.03 Å². The summed E-state index contributed by atoms with van der Waals surface area (Å²) in [6.07, 6.45) is 3.29. The van der Waals surface area contributed by atoms with Crippen molar-refractivity contribution in [1.29, 1.82) is 0 Å². The number of aromatic amines is 1. The first-order chi connectivity index (χ1) is 11.6. The molecular weight excluding hydrogens is 302 g/mol. The van der Waals surface area contributed by atoms with Crippen LogP contribution in [-0.2, 0) is 6.42 Å². The normalized spacial score (nSPS) is 15.1. The molecule has 0 spiro atoms. The van der Waals surface area contributed by atoms with Crippen molar-refractivity contribution in [2.45, 2.75) is 26.2 Å². The number of fused-ring (bicyclic) bond motifs is 1. The summed E-state index contributed by atoms with van der Waals surface area (Å²) in [5.41, 5.74) is 3.25. The second-order valence-electron chi connectivity index (χ2n) is 6.61. The number of aryl methyl sites for hydroxylation is 1. The Hall–Kier alpha value is -2.08. The van der Waals surface area contributed by atoms with E-state index in [1.165, 1.54) is 18.4 Å². The van der Waals surface area contributed by atoms with Gasteiger partial charge in [0, 0.05) is 33.1 Å². The zero-order valence-electron chi connectivity index (χ0n) is 14.6. The van der Waals surface area contributed by atoms with E-state index in [4.69, 9.17) is 0 Å². The molecule has 1 fully saturated rings. The summed E-state index contributed by atoms with van der Waals surface area (Å²) in [4.78, 5) is 24.2. The SMILES string of the molecule is Cc1cccc2[nH]c(CCN(C)C(=O)NCCN3CCCC3)nc12. The van der Waals surface area contributed by atoms with E-state index in [1.54, 1.807) is 4.90 Å². The van der Waals surface area contributed by atoms with Crippen molar-refractivity contribution in [2.75, 3.05) is 39.8 Å². The molecule has 2 amide bonds. The molecule has 0 bridgehead atoms. The Morgan fingerprint density at radius 2 is 2.17 bits per heavy atom. The average Bonchev–Trinajstić information content (AvgIpc) is 3.22. The highest BCUT2D eigenvalue weighted by Gasteiger charge is 2.13. The van der Waals surface area contributed by atoms with Crippen molar-refractivity contribution >= 4 is 17.1 Å². The van der Waals surface area contributed by atoms with Crippen molar-refractivity contribution < 1.29 is 4.79 Å². The summed E-state index contributed by atoms with van der Waals surface area (Å²) in [5, 5.41) is 3.00. The molecule has 2 aromatic rings. The minimum Gasteiger partial charge on any atom is -0.342 e. The summed E-state index contributed by atoms with van der Waals surface area (Å²) in [6.45, 7) is 6.70. The zero-order chi connectivity index (χ0) is 16.9. The number of H-pyrrole nitrogens is 1. The van der Waals surface area contributed by atoms with Gasteiger partial charge in [-0.25, -0.2) is 9.78 Å². The molecule has 0 atom stereocenters. The van der Waals surface area contributed by atoms with E-state index in [0.717, 1.165) is 42.9 Å². The Kier molecular flexibility index (Phi) is 5.35. The second-order valence-corrected chi connectivity index (χ2v) is 6.61. The van der Waals surface area contributed by atoms with Crippen LogP contribution in [0.3, 0.4) is 0 Å². The van der Waals surface area contributed by atoms with Crippen molar-refractivity contribution in [3.05, 3.63) is 29.6 Å². The maximum Gasteiger partial charge on any atom is 0.317 e. The van der Waals surface area contributed by atoms with E-state index < -0.39 is 0 Å². The number of imidazole rings is 1. The molecule has 24 heavy (non-hydrogen) atoms. The Morgan fingerprint density at radius 1 is 1.38 bits per heavy atom. The van der Waals surface area contributed by atoms with Gasteiger partial charge in [-0.1, -0.05) is 12.1 Å². The molecule has 2 N–H and O–H groups in total. The molecule has 1 saturated heterocycles. The van der Waals surface area contributed by atoms with E-state index in [9.17, 15) is 4.79 Å². The maximum atomic E-state index is 12.1. The second kappa shape index (κ2) is 7.66. The minimum atomic E-state index is -0.0125. The molecule has 1 aromatic carbocycles. The van der Waals surface area contributed by atoms with Gasteiger partial charge in [-0.15, -0.1) is 0 Å². The number of amides is 2. The number of carbonyl (C=O) groups excluding carboxylic acids is 1. The summed E-state index contributed by atoms with van der Waals surface area (Å²) in [7, 11) is 1.83. The molecule has 1 aliphatic rings. The van der Waals surface area contributed by atoms with Crippen LogP contribution in [0.5, 0.6) is 0 Å². The Morgan fingerprint density at radius 3 is 2.92 bits per heavy atom. The lowest BCUT2D eigenvalue weighted by Crippen LogP contribution is -2.41. The third kappa shape index (κ3) is 4.06. The molecule has 0 radical (unpaired) electrons. The number of likely N-dealkylation sites (tertiary alicyclic amines) is 1. The van der Waals surface area contributed by atoms with E-state index in [1.807, 2.05) is 19.2 Å². The smallest absolute Gasteiger partial charge is 0.317 e. The minimum absolute atomic E-state index is 0.0125. The summed E-state index contributed by atoms with van der Waals surface area (Å²) in [6, 6.07) is 6.11. The van der Waals surface area contributed by atoms with Crippen LogP contribution in [0, 0.1) is 6.92 Å². The zero-order valence-corrected chi connectivity index (χ0v) is 14.6. The molecule has 0 saturated carbocycles. The molecule has 2 heterocycles. The maximum absolute atomic E-state index is 12.1. The number of urea groups is 1. The molecular formula is C18H27N5O. The molecule has 0 unspecified atom stereocenters. The van der Waals surface area contributed by atoms with Crippen molar-refractivity contribution in [2.24, 2.45) is 0 Å². The van der Waals surface area contributed by atoms with Gasteiger partial charge in [0.05, 0.1) is 11.0 Å². The van der Waals surface area contributed by atoms with Crippen LogP contribution in [0.25, 0.3) is 11.0 Å². The number of benzene rings is 1. The number of para-hydroxylation sites is 1. The van der Waals surface area contributed by atoms with Crippen LogP contribution in [-0.4, -0.2) is 65.6 Å². The van der Waals surface area contributed by atoms with Crippen LogP contribution < -0.4 is 5.32 Å². The van der Waals surface area contributed by atoms with Gasteiger partial charge in [-0.2, -0.15) is 0 Å². The van der Waals surface area contributed by atoms with Crippen molar-refractivity contribution in [3.63, 3.8) is 0 Å². The highest BCUT2D eigenvalue weighted by Crippen LogP contribution is 2.15. The van der Waals surface area contributed by atoms with Crippen LogP contribution in [0.2, 0.25) is 0 Å². The summed E-state index contributed by atoms with van der Waals surface area (Å²) >= 11 is 0. The quantitative estimate of drug-likeness (QED) is 0.853. The predicted octanol–water partition coefficient (Wildman–Crippen LogP) is 2.15. The van der Waals surface area contributed by atoms with Gasteiger partial charge in [-0.05, 0) is 44.5 Å². The molecule has 6 nitrogen and oxygen atoms in total. The van der Waals surface area contributed by atoms with Gasteiger partial charge in [0.2, 0.25) is 0 Å². The van der Waals surface area contributed by atoms with Gasteiger partial charge in [0.25, 0.3) is 0 Å². The average molecular weight is 329 g/mol. The lowest BCUT2D eigenvalue weighted by atomic mass is 10.2. The van der Waals surface area contributed by atoms with Crippen LogP contribution in [0.1, 0.15) is 24.2 Å². The summed E-state index contributed by atoms with van der Waals surface area (Å²) in [5.74, 6) is 0.927. The standard InChI is InChI=1S/C18H27N5O/c1-14-6-5-7-15-17(14)21-16(20-15)8-12-22(2)18(24)19-9-13-23-10-3-4-11-23/h5-7H,3-4,8-13H2,1-2H3,(H,19,24)(H,20,21). The lowest BCUT2D eigenvalue weighted by molar-refractivity contribution is 0.207. The third-order valence-corrected chi connectivity index (χ3v) is 4.70. The Balaban J connectivity index is 1.44. The molecule has 0 aliphatic carbocycles. The largest absolute Gasteiger partial charge is 0.342 e. The fourth-order valence-electron chi connectivity index (χ4n) is 3.18. The first kappa shape index (κ1) is 16.8. The topological polar surface area (TPSA) is 64.3 Å². The van der Waals surface area contributed by atoms with E-state index >= 15 is 0 Å². The molecule has 6 heteroatoms. The van der Waals surface area contributed by atoms with E-state index in [2.05, 4.69) is 33.2 Å². The number of nitrogens with one attached hydrogen (secondary N) is 2. The van der Waals surface area contributed by atoms with Gasteiger partial charge < -0.3 is 20.1 Å². The van der Waals surface area contributed by atoms with Crippen molar-refractivity contribution in [3.8, 4) is 0 Å². The Bertz CT molecular complexity index is 690. The highest BCUT2D eigenvalue weighted by atomic mass is 16.2. The first-order valence-corrected chi connectivity index (χ1v) is 8.79. The lowest BCUT2D eigenvalue weighted by Gasteiger charge is -2.19.